The number of H-pyrrole nitrogens is 1. The number of aromatic amines is 1. The molecule has 3 N–H and O–H groups in total. The van der Waals surface area contributed by atoms with E-state index in [-0.39, 0.29) is 11.6 Å². The van der Waals surface area contributed by atoms with Crippen LogP contribution in [-0.2, 0) is 16.0 Å². The number of hydrogen-bond donors (Lipinski definition) is 3. The van der Waals surface area contributed by atoms with Crippen LogP contribution in [0.25, 0.3) is 10.9 Å². The minimum atomic E-state index is -1.18. The van der Waals surface area contributed by atoms with Crippen LogP contribution in [0.5, 0.6) is 0 Å². The summed E-state index contributed by atoms with van der Waals surface area (Å²) in [5, 5.41) is 6.31. The lowest BCUT2D eigenvalue weighted by molar-refractivity contribution is -0.134. The van der Waals surface area contributed by atoms with E-state index in [9.17, 15) is 18.4 Å². The Kier molecular flexibility index (Phi) is 4.58. The number of benzene rings is 2. The van der Waals surface area contributed by atoms with Gasteiger partial charge in [0.15, 0.2) is 0 Å². The number of carbonyl (C=O) groups excluding carboxylic acids is 2. The van der Waals surface area contributed by atoms with Crippen LogP contribution in [0.15, 0.2) is 48.7 Å². The Bertz CT molecular complexity index is 1060. The zero-order chi connectivity index (χ0) is 19.7. The summed E-state index contributed by atoms with van der Waals surface area (Å²) < 4.78 is 26.7. The van der Waals surface area contributed by atoms with E-state index < -0.39 is 23.0 Å². The highest BCUT2D eigenvalue weighted by Crippen LogP contribution is 2.47. The second-order valence-electron chi connectivity index (χ2n) is 7.03. The van der Waals surface area contributed by atoms with Gasteiger partial charge in [0.1, 0.15) is 17.0 Å². The van der Waals surface area contributed by atoms with Crippen molar-refractivity contribution in [1.29, 1.82) is 0 Å². The molecule has 2 aromatic carbocycles. The summed E-state index contributed by atoms with van der Waals surface area (Å²) >= 11 is 0. The Morgan fingerprint density at radius 2 is 1.86 bits per heavy atom. The lowest BCUT2D eigenvalue weighted by atomic mass is 10.0. The monoisotopic (exact) mass is 383 g/mol. The number of para-hydroxylation sites is 1. The van der Waals surface area contributed by atoms with E-state index in [0.29, 0.717) is 31.9 Å². The molecule has 0 aliphatic heterocycles. The molecule has 0 unspecified atom stereocenters. The van der Waals surface area contributed by atoms with Crippen molar-refractivity contribution in [3.05, 3.63) is 65.9 Å². The summed E-state index contributed by atoms with van der Waals surface area (Å²) in [6.45, 7) is 0.390. The lowest BCUT2D eigenvalue weighted by Crippen LogP contribution is -2.40. The van der Waals surface area contributed by atoms with Crippen molar-refractivity contribution in [3.8, 4) is 0 Å². The first-order valence-electron chi connectivity index (χ1n) is 9.09. The maximum atomic E-state index is 13.7. The molecular formula is C21H19F2N3O2. The number of aromatic nitrogens is 1. The Morgan fingerprint density at radius 3 is 2.61 bits per heavy atom. The van der Waals surface area contributed by atoms with Crippen molar-refractivity contribution in [2.45, 2.75) is 19.3 Å². The molecule has 0 spiro atoms. The molecule has 1 saturated carbocycles. The van der Waals surface area contributed by atoms with Crippen LogP contribution < -0.4 is 10.6 Å². The molecule has 1 heterocycles. The van der Waals surface area contributed by atoms with Crippen LogP contribution in [0, 0.1) is 17.0 Å². The first-order valence-corrected chi connectivity index (χ1v) is 9.09. The molecule has 0 saturated heterocycles. The molecule has 1 aromatic heterocycles. The van der Waals surface area contributed by atoms with Gasteiger partial charge < -0.3 is 15.6 Å². The van der Waals surface area contributed by atoms with E-state index in [1.165, 1.54) is 0 Å². The van der Waals surface area contributed by atoms with Gasteiger partial charge in [-0.1, -0.05) is 18.2 Å². The van der Waals surface area contributed by atoms with Crippen molar-refractivity contribution in [1.82, 2.24) is 10.3 Å². The van der Waals surface area contributed by atoms with Crippen LogP contribution in [0.3, 0.4) is 0 Å². The number of anilines is 1. The minimum absolute atomic E-state index is 0.135. The summed E-state index contributed by atoms with van der Waals surface area (Å²) in [6, 6.07) is 10.8. The van der Waals surface area contributed by atoms with E-state index in [4.69, 9.17) is 0 Å². The second kappa shape index (κ2) is 7.07. The Hall–Kier alpha value is -3.22. The van der Waals surface area contributed by atoms with Gasteiger partial charge in [-0.25, -0.2) is 8.78 Å². The van der Waals surface area contributed by atoms with Crippen molar-refractivity contribution >= 4 is 28.4 Å². The predicted molar refractivity (Wildman–Crippen MR) is 102 cm³/mol. The van der Waals surface area contributed by atoms with E-state index in [1.807, 2.05) is 30.5 Å². The molecule has 5 nitrogen and oxygen atoms in total. The fraction of sp³-hybridized carbons (Fsp3) is 0.238. The Labute approximate surface area is 160 Å². The van der Waals surface area contributed by atoms with E-state index in [1.54, 1.807) is 0 Å². The number of fused-ring (bicyclic) bond motifs is 1. The first kappa shape index (κ1) is 18.2. The molecule has 1 aliphatic carbocycles. The maximum absolute atomic E-state index is 13.7. The largest absolute Gasteiger partial charge is 0.361 e. The highest BCUT2D eigenvalue weighted by molar-refractivity contribution is 6.13. The number of amides is 2. The molecule has 7 heteroatoms. The highest BCUT2D eigenvalue weighted by atomic mass is 19.1. The van der Waals surface area contributed by atoms with Crippen LogP contribution in [-0.4, -0.2) is 23.3 Å². The number of hydrogen-bond acceptors (Lipinski definition) is 2. The summed E-state index contributed by atoms with van der Waals surface area (Å²) in [6.07, 6.45) is 3.34. The molecule has 0 radical (unpaired) electrons. The zero-order valence-electron chi connectivity index (χ0n) is 15.0. The predicted octanol–water partition coefficient (Wildman–Crippen LogP) is 3.52. The molecule has 2 amide bonds. The van der Waals surface area contributed by atoms with Gasteiger partial charge in [-0.05, 0) is 43.0 Å². The third-order valence-electron chi connectivity index (χ3n) is 5.15. The van der Waals surface area contributed by atoms with Gasteiger partial charge in [0.25, 0.3) is 0 Å². The third-order valence-corrected chi connectivity index (χ3v) is 5.15. The molecule has 4 rings (SSSR count). The number of nitrogens with one attached hydrogen (secondary N) is 3. The van der Waals surface area contributed by atoms with Gasteiger partial charge in [0, 0.05) is 29.7 Å². The standard InChI is InChI=1S/C21H19F2N3O2/c22-14-5-6-18(16(23)11-14)26-20(28)21(8-9-21)19(27)24-10-7-13-12-25-17-4-2-1-3-15(13)17/h1-6,11-12,25H,7-10H2,(H,24,27)(H,26,28). The molecule has 0 bridgehead atoms. The second-order valence-corrected chi connectivity index (χ2v) is 7.03. The van der Waals surface area contributed by atoms with Gasteiger partial charge in [-0.3, -0.25) is 9.59 Å². The summed E-state index contributed by atoms with van der Waals surface area (Å²) in [4.78, 5) is 28.2. The van der Waals surface area contributed by atoms with Crippen LogP contribution in [0.1, 0.15) is 18.4 Å². The van der Waals surface area contributed by atoms with Gasteiger partial charge in [0.2, 0.25) is 11.8 Å². The molecule has 28 heavy (non-hydrogen) atoms. The minimum Gasteiger partial charge on any atom is -0.361 e. The smallest absolute Gasteiger partial charge is 0.240 e. The Balaban J connectivity index is 1.36. The topological polar surface area (TPSA) is 74.0 Å². The molecule has 1 fully saturated rings. The maximum Gasteiger partial charge on any atom is 0.240 e. The van der Waals surface area contributed by atoms with Crippen LogP contribution in [0.4, 0.5) is 14.5 Å². The van der Waals surface area contributed by atoms with Gasteiger partial charge in [-0.2, -0.15) is 0 Å². The van der Waals surface area contributed by atoms with Crippen LogP contribution in [0.2, 0.25) is 0 Å². The van der Waals surface area contributed by atoms with Gasteiger partial charge in [0.05, 0.1) is 5.69 Å². The Morgan fingerprint density at radius 1 is 1.07 bits per heavy atom. The quantitative estimate of drug-likeness (QED) is 0.570. The summed E-state index contributed by atoms with van der Waals surface area (Å²) in [5.74, 6) is -2.54. The normalized spacial score (nSPS) is 14.6. The summed E-state index contributed by atoms with van der Waals surface area (Å²) in [7, 11) is 0. The van der Waals surface area contributed by atoms with Gasteiger partial charge >= 0.3 is 0 Å². The average molecular weight is 383 g/mol. The van der Waals surface area contributed by atoms with Crippen molar-refractivity contribution in [2.24, 2.45) is 5.41 Å². The first-order chi connectivity index (χ1) is 13.5. The average Bonchev–Trinajstić information content (AvgIpc) is 3.40. The van der Waals surface area contributed by atoms with E-state index >= 15 is 0 Å². The molecule has 0 atom stereocenters. The van der Waals surface area contributed by atoms with Crippen molar-refractivity contribution in [3.63, 3.8) is 0 Å². The van der Waals surface area contributed by atoms with Crippen LogP contribution >= 0.6 is 0 Å². The van der Waals surface area contributed by atoms with E-state index in [0.717, 1.165) is 28.6 Å². The highest BCUT2D eigenvalue weighted by Gasteiger charge is 2.56. The van der Waals surface area contributed by atoms with Crippen molar-refractivity contribution in [2.75, 3.05) is 11.9 Å². The molecule has 144 valence electrons. The van der Waals surface area contributed by atoms with E-state index in [2.05, 4.69) is 15.6 Å². The number of rotatable bonds is 6. The number of carbonyl (C=O) groups is 2. The van der Waals surface area contributed by atoms with Gasteiger partial charge in [-0.15, -0.1) is 0 Å². The van der Waals surface area contributed by atoms with Crippen molar-refractivity contribution < 1.29 is 18.4 Å². The fourth-order valence-electron chi connectivity index (χ4n) is 3.33. The fourth-order valence-corrected chi connectivity index (χ4v) is 3.33. The SMILES string of the molecule is O=C(NCCc1c[nH]c2ccccc12)C1(C(=O)Nc2ccc(F)cc2F)CC1. The summed E-state index contributed by atoms with van der Waals surface area (Å²) in [5.41, 5.74) is 0.798. The number of halogens is 2. The third kappa shape index (κ3) is 3.35. The lowest BCUT2D eigenvalue weighted by Gasteiger charge is -2.15. The zero-order valence-corrected chi connectivity index (χ0v) is 15.0. The molecule has 1 aliphatic rings. The molecular weight excluding hydrogens is 364 g/mol. The molecule has 3 aromatic rings.